The number of aromatic nitrogens is 1. The number of carboxylic acid groups (broad SMARTS) is 1. The molecular formula is C28H35F3N6O5. The summed E-state index contributed by atoms with van der Waals surface area (Å²) in [4.78, 5) is 41.6. The number of carbonyl (C=O) groups is 3. The molecule has 42 heavy (non-hydrogen) atoms. The lowest BCUT2D eigenvalue weighted by Crippen LogP contribution is -2.34. The number of nitrogens with zero attached hydrogens (tertiary/aromatic N) is 3. The minimum Gasteiger partial charge on any atom is -0.483 e. The predicted octanol–water partition coefficient (Wildman–Crippen LogP) is 3.29. The molecule has 3 saturated heterocycles. The summed E-state index contributed by atoms with van der Waals surface area (Å²) in [5.74, 6) is -0.180. The number of alkyl halides is 3. The topological polar surface area (TPSA) is 150 Å². The van der Waals surface area contributed by atoms with Crippen LogP contribution < -0.4 is 21.3 Å². The summed E-state index contributed by atoms with van der Waals surface area (Å²) in [6.45, 7) is 4.30. The van der Waals surface area contributed by atoms with Gasteiger partial charge in [-0.25, -0.2) is 9.78 Å². The first-order chi connectivity index (χ1) is 20.0. The average Bonchev–Trinajstić information content (AvgIpc) is 3.54. The number of nitrogens with one attached hydrogen (secondary N) is 2. The number of aryl methyl sites for hydroxylation is 1. The normalized spacial score (nSPS) is 22.5. The maximum absolute atomic E-state index is 12.9. The summed E-state index contributed by atoms with van der Waals surface area (Å²) in [6.07, 6.45) is -4.83. The summed E-state index contributed by atoms with van der Waals surface area (Å²) in [6, 6.07) is 8.54. The Kier molecular flexibility index (Phi) is 10.0. The molecule has 228 valence electrons. The fourth-order valence-corrected chi connectivity index (χ4v) is 5.43. The van der Waals surface area contributed by atoms with Gasteiger partial charge in [-0.3, -0.25) is 14.5 Å². The third-order valence-electron chi connectivity index (χ3n) is 7.41. The van der Waals surface area contributed by atoms with E-state index in [9.17, 15) is 22.8 Å². The van der Waals surface area contributed by atoms with Crippen LogP contribution in [-0.4, -0.2) is 84.9 Å². The van der Waals surface area contributed by atoms with E-state index < -0.39 is 24.5 Å². The van der Waals surface area contributed by atoms with Crippen molar-refractivity contribution in [3.8, 4) is 11.1 Å². The van der Waals surface area contributed by atoms with Gasteiger partial charge in [0, 0.05) is 57.3 Å². The van der Waals surface area contributed by atoms with E-state index in [0.29, 0.717) is 43.3 Å². The smallest absolute Gasteiger partial charge is 0.389 e. The number of hydrogen-bond acceptors (Lipinski definition) is 7. The first-order valence-corrected chi connectivity index (χ1v) is 13.7. The number of halogens is 3. The Balaban J connectivity index is 0.00000129. The summed E-state index contributed by atoms with van der Waals surface area (Å²) in [7, 11) is 0. The van der Waals surface area contributed by atoms with Crippen LogP contribution in [0.4, 0.5) is 29.5 Å². The third kappa shape index (κ3) is 7.95. The number of likely N-dealkylation sites (tertiary alicyclic amines) is 1. The fourth-order valence-electron chi connectivity index (χ4n) is 5.43. The molecule has 0 spiro atoms. The van der Waals surface area contributed by atoms with Gasteiger partial charge in [0.05, 0.1) is 12.3 Å². The van der Waals surface area contributed by atoms with E-state index in [2.05, 4.69) is 10.6 Å². The molecule has 14 heteroatoms. The summed E-state index contributed by atoms with van der Waals surface area (Å²) in [5, 5.41) is 13.0. The van der Waals surface area contributed by atoms with Crippen LogP contribution in [0.15, 0.2) is 30.3 Å². The number of benzene rings is 1. The van der Waals surface area contributed by atoms with Crippen molar-refractivity contribution in [2.24, 2.45) is 11.7 Å². The Hall–Kier alpha value is -3.75. The van der Waals surface area contributed by atoms with Crippen molar-refractivity contribution in [1.29, 1.82) is 0 Å². The molecule has 3 amide bonds. The highest BCUT2D eigenvalue weighted by molar-refractivity contribution is 5.96. The second-order valence-electron chi connectivity index (χ2n) is 10.7. The van der Waals surface area contributed by atoms with Crippen molar-refractivity contribution in [3.63, 3.8) is 0 Å². The van der Waals surface area contributed by atoms with Gasteiger partial charge < -0.3 is 31.1 Å². The number of anilines is 2. The van der Waals surface area contributed by atoms with Crippen molar-refractivity contribution in [2.45, 2.75) is 44.5 Å². The number of morpholine rings is 1. The van der Waals surface area contributed by atoms with E-state index in [-0.39, 0.29) is 44.0 Å². The zero-order valence-electron chi connectivity index (χ0n) is 23.2. The van der Waals surface area contributed by atoms with Crippen LogP contribution in [0.2, 0.25) is 0 Å². The standard InChI is InChI=1S/C27H33F3N6O3.CH2O2/c1-16-2-3-20(33-26(38)35-6-4-17(14-35)12-27(28,29)30)11-21(16)18-8-22(23-13-32-5-7-39-23)34-24(9-18)36-15-19(31)10-25(36)37;2-1-3/h2-3,8-9,11,17,19,23,32H,4-7,10,12-15,31H2,1H3,(H,33,38);1H,(H,2,3)/t17-,19+,23?;/m0./s1. The maximum atomic E-state index is 12.9. The van der Waals surface area contributed by atoms with E-state index >= 15 is 0 Å². The second-order valence-corrected chi connectivity index (χ2v) is 10.7. The van der Waals surface area contributed by atoms with Crippen molar-refractivity contribution < 1.29 is 37.4 Å². The number of amides is 3. The van der Waals surface area contributed by atoms with Crippen LogP contribution in [0.25, 0.3) is 11.1 Å². The van der Waals surface area contributed by atoms with Crippen LogP contribution in [0, 0.1) is 12.8 Å². The highest BCUT2D eigenvalue weighted by Gasteiger charge is 2.36. The molecule has 2 aromatic rings. The monoisotopic (exact) mass is 592 g/mol. The Labute approximate surface area is 241 Å². The number of hydrogen-bond donors (Lipinski definition) is 4. The number of carbonyl (C=O) groups excluding carboxylic acids is 2. The summed E-state index contributed by atoms with van der Waals surface area (Å²) >= 11 is 0. The van der Waals surface area contributed by atoms with Crippen LogP contribution >= 0.6 is 0 Å². The minimum absolute atomic E-state index is 0.0720. The van der Waals surface area contributed by atoms with Gasteiger partial charge in [0.2, 0.25) is 5.91 Å². The predicted molar refractivity (Wildman–Crippen MR) is 149 cm³/mol. The molecule has 0 saturated carbocycles. The molecule has 4 heterocycles. The third-order valence-corrected chi connectivity index (χ3v) is 7.41. The van der Waals surface area contributed by atoms with Crippen LogP contribution in [0.1, 0.15) is 36.6 Å². The zero-order chi connectivity index (χ0) is 30.4. The Morgan fingerprint density at radius 2 is 2.05 bits per heavy atom. The molecule has 3 aliphatic heterocycles. The lowest BCUT2D eigenvalue weighted by molar-refractivity contribution is -0.143. The highest BCUT2D eigenvalue weighted by atomic mass is 19.4. The quantitative estimate of drug-likeness (QED) is 0.387. The maximum Gasteiger partial charge on any atom is 0.389 e. The van der Waals surface area contributed by atoms with E-state index in [1.807, 2.05) is 31.2 Å². The van der Waals surface area contributed by atoms with Gasteiger partial charge in [0.25, 0.3) is 6.47 Å². The van der Waals surface area contributed by atoms with Crippen molar-refractivity contribution in [3.05, 3.63) is 41.6 Å². The molecule has 0 radical (unpaired) electrons. The lowest BCUT2D eigenvalue weighted by atomic mass is 9.98. The Morgan fingerprint density at radius 1 is 1.29 bits per heavy atom. The van der Waals surface area contributed by atoms with Crippen LogP contribution in [0.5, 0.6) is 0 Å². The van der Waals surface area contributed by atoms with Crippen molar-refractivity contribution in [2.75, 3.05) is 49.5 Å². The highest BCUT2D eigenvalue weighted by Crippen LogP contribution is 2.34. The number of pyridine rings is 1. The molecule has 3 atom stereocenters. The first-order valence-electron chi connectivity index (χ1n) is 13.7. The number of nitrogens with two attached hydrogens (primary N) is 1. The molecule has 11 nitrogen and oxygen atoms in total. The molecule has 1 aromatic carbocycles. The zero-order valence-corrected chi connectivity index (χ0v) is 23.2. The van der Waals surface area contributed by atoms with Crippen LogP contribution in [-0.2, 0) is 14.3 Å². The van der Waals surface area contributed by atoms with E-state index in [4.69, 9.17) is 25.4 Å². The summed E-state index contributed by atoms with van der Waals surface area (Å²) < 4.78 is 44.3. The average molecular weight is 593 g/mol. The molecule has 0 bridgehead atoms. The minimum atomic E-state index is -4.24. The Bertz CT molecular complexity index is 1290. The molecule has 0 aliphatic carbocycles. The number of urea groups is 1. The van der Waals surface area contributed by atoms with E-state index in [1.165, 1.54) is 4.90 Å². The number of ether oxygens (including phenoxy) is 1. The summed E-state index contributed by atoms with van der Waals surface area (Å²) in [5.41, 5.74) is 9.82. The van der Waals surface area contributed by atoms with Gasteiger partial charge in [-0.1, -0.05) is 6.07 Å². The molecule has 5 rings (SSSR count). The van der Waals surface area contributed by atoms with Gasteiger partial charge in [-0.05, 0) is 60.2 Å². The van der Waals surface area contributed by atoms with Crippen molar-refractivity contribution in [1.82, 2.24) is 15.2 Å². The Morgan fingerprint density at radius 3 is 2.69 bits per heavy atom. The largest absolute Gasteiger partial charge is 0.483 e. The van der Waals surface area contributed by atoms with Crippen LogP contribution in [0.3, 0.4) is 0 Å². The SMILES string of the molecule is Cc1ccc(NC(=O)N2CC[C@@H](CC(F)(F)F)C2)cc1-c1cc(C2CNCCO2)nc(N2C[C@H](N)CC2=O)c1.O=CO. The fraction of sp³-hybridized carbons (Fsp3) is 0.500. The van der Waals surface area contributed by atoms with Gasteiger partial charge in [-0.15, -0.1) is 0 Å². The van der Waals surface area contributed by atoms with E-state index in [0.717, 1.165) is 23.2 Å². The van der Waals surface area contributed by atoms with Gasteiger partial charge in [0.15, 0.2) is 0 Å². The lowest BCUT2D eigenvalue weighted by Gasteiger charge is -2.25. The van der Waals surface area contributed by atoms with Gasteiger partial charge >= 0.3 is 12.2 Å². The van der Waals surface area contributed by atoms with Crippen molar-refractivity contribution >= 4 is 29.9 Å². The van der Waals surface area contributed by atoms with Gasteiger partial charge in [-0.2, -0.15) is 13.2 Å². The second kappa shape index (κ2) is 13.5. The number of rotatable bonds is 5. The molecule has 3 aliphatic rings. The van der Waals surface area contributed by atoms with E-state index in [1.54, 1.807) is 11.0 Å². The molecular weight excluding hydrogens is 557 g/mol. The molecule has 3 fully saturated rings. The van der Waals surface area contributed by atoms with Gasteiger partial charge in [0.1, 0.15) is 11.9 Å². The first kappa shape index (κ1) is 31.2. The molecule has 1 aromatic heterocycles. The molecule has 1 unspecified atom stereocenters. The molecule has 5 N–H and O–H groups in total.